The zero-order valence-electron chi connectivity index (χ0n) is 11.1. The largest absolute Gasteiger partial charge is 0.420 e. The van der Waals surface area contributed by atoms with E-state index in [-0.39, 0.29) is 6.61 Å². The van der Waals surface area contributed by atoms with Crippen molar-refractivity contribution in [1.29, 1.82) is 0 Å². The quantitative estimate of drug-likeness (QED) is 0.308. The van der Waals surface area contributed by atoms with Crippen LogP contribution in [0.5, 0.6) is 0 Å². The first-order valence-electron chi connectivity index (χ1n) is 6.09. The summed E-state index contributed by atoms with van der Waals surface area (Å²) >= 11 is 0. The fourth-order valence-corrected chi connectivity index (χ4v) is 4.03. The van der Waals surface area contributed by atoms with E-state index >= 15 is 0 Å². The van der Waals surface area contributed by atoms with Crippen LogP contribution < -0.4 is 0 Å². The lowest BCUT2D eigenvalue weighted by atomic mass is 10.4. The molecule has 6 heteroatoms. The van der Waals surface area contributed by atoms with Gasteiger partial charge in [0.2, 0.25) is 0 Å². The smallest absolute Gasteiger partial charge is 0.189 e. The molecule has 0 saturated heterocycles. The molecule has 0 aromatic heterocycles. The fourth-order valence-electron chi connectivity index (χ4n) is 1.57. The summed E-state index contributed by atoms with van der Waals surface area (Å²) in [6, 6.07) is 1.86. The van der Waals surface area contributed by atoms with Crippen molar-refractivity contribution in [2.75, 3.05) is 20.3 Å². The molecule has 104 valence electrons. The Labute approximate surface area is 105 Å². The third kappa shape index (κ3) is 7.85. The molecule has 5 nitrogen and oxygen atoms in total. The van der Waals surface area contributed by atoms with E-state index in [1.807, 2.05) is 0 Å². The van der Waals surface area contributed by atoms with Crippen LogP contribution in [0.4, 0.5) is 0 Å². The van der Waals surface area contributed by atoms with Crippen molar-refractivity contribution in [3.8, 4) is 0 Å². The maximum absolute atomic E-state index is 9.23. The Hall–Kier alpha value is 0.0169. The standard InChI is InChI=1S/C11H26O5Si/c1-10(13)11(14)16-7-5-9-17(3,15-2)8-4-6-12/h10-14H,4-9H2,1-3H3. The van der Waals surface area contributed by atoms with Gasteiger partial charge in [-0.3, -0.25) is 0 Å². The molecule has 0 aliphatic rings. The molecule has 3 atom stereocenters. The van der Waals surface area contributed by atoms with Gasteiger partial charge in [-0.15, -0.1) is 0 Å². The predicted octanol–water partition coefficient (Wildman–Crippen LogP) is 0.696. The highest BCUT2D eigenvalue weighted by Gasteiger charge is 2.26. The van der Waals surface area contributed by atoms with Crippen LogP contribution in [-0.4, -0.2) is 56.4 Å². The average molecular weight is 266 g/mol. The summed E-state index contributed by atoms with van der Waals surface area (Å²) in [5, 5.41) is 27.1. The van der Waals surface area contributed by atoms with Gasteiger partial charge in [0.25, 0.3) is 0 Å². The molecule has 0 rings (SSSR count). The first-order valence-corrected chi connectivity index (χ1v) is 8.91. The molecule has 0 aliphatic carbocycles. The normalized spacial score (nSPS) is 18.7. The van der Waals surface area contributed by atoms with Crippen molar-refractivity contribution in [1.82, 2.24) is 0 Å². The molecule has 3 unspecified atom stereocenters. The lowest BCUT2D eigenvalue weighted by Crippen LogP contribution is -2.34. The van der Waals surface area contributed by atoms with Crippen molar-refractivity contribution >= 4 is 8.32 Å². The maximum atomic E-state index is 9.23. The highest BCUT2D eigenvalue weighted by Crippen LogP contribution is 2.20. The van der Waals surface area contributed by atoms with Crippen LogP contribution in [0.25, 0.3) is 0 Å². The van der Waals surface area contributed by atoms with Crippen molar-refractivity contribution in [3.63, 3.8) is 0 Å². The van der Waals surface area contributed by atoms with Gasteiger partial charge in [-0.25, -0.2) is 0 Å². The molecule has 3 N–H and O–H groups in total. The highest BCUT2D eigenvalue weighted by atomic mass is 28.4. The first kappa shape index (κ1) is 17.0. The van der Waals surface area contributed by atoms with Crippen LogP contribution in [0.2, 0.25) is 18.6 Å². The van der Waals surface area contributed by atoms with Gasteiger partial charge in [-0.2, -0.15) is 0 Å². The SMILES string of the molecule is CO[Si](C)(CCCO)CCCOC(O)C(C)O. The maximum Gasteiger partial charge on any atom is 0.189 e. The second-order valence-electron chi connectivity index (χ2n) is 4.59. The number of hydrogen-bond acceptors (Lipinski definition) is 5. The minimum absolute atomic E-state index is 0.198. The molecular weight excluding hydrogens is 240 g/mol. The van der Waals surface area contributed by atoms with Crippen molar-refractivity contribution in [3.05, 3.63) is 0 Å². The van der Waals surface area contributed by atoms with E-state index < -0.39 is 20.7 Å². The summed E-state index contributed by atoms with van der Waals surface area (Å²) in [6.07, 6.45) is -0.405. The Morgan fingerprint density at radius 2 is 1.76 bits per heavy atom. The molecule has 0 fully saturated rings. The van der Waals surface area contributed by atoms with Crippen LogP contribution in [0.15, 0.2) is 0 Å². The van der Waals surface area contributed by atoms with E-state index in [2.05, 4.69) is 6.55 Å². The molecule has 0 saturated carbocycles. The summed E-state index contributed by atoms with van der Waals surface area (Å²) < 4.78 is 10.6. The van der Waals surface area contributed by atoms with Crippen molar-refractivity contribution in [2.24, 2.45) is 0 Å². The number of ether oxygens (including phenoxy) is 1. The zero-order chi connectivity index (χ0) is 13.3. The average Bonchev–Trinajstić information content (AvgIpc) is 2.31. The topological polar surface area (TPSA) is 79.2 Å². The zero-order valence-corrected chi connectivity index (χ0v) is 12.1. The van der Waals surface area contributed by atoms with Crippen molar-refractivity contribution < 1.29 is 24.5 Å². The first-order chi connectivity index (χ1) is 7.95. The minimum atomic E-state index is -1.73. The highest BCUT2D eigenvalue weighted by molar-refractivity contribution is 6.72. The molecule has 0 amide bonds. The van der Waals surface area contributed by atoms with Gasteiger partial charge in [-0.05, 0) is 38.4 Å². The molecule has 0 bridgehead atoms. The fraction of sp³-hybridized carbons (Fsp3) is 1.00. The van der Waals surface area contributed by atoms with Crippen molar-refractivity contribution in [2.45, 2.75) is 50.8 Å². The van der Waals surface area contributed by atoms with Crippen LogP contribution >= 0.6 is 0 Å². The lowest BCUT2D eigenvalue weighted by molar-refractivity contribution is -0.155. The van der Waals surface area contributed by atoms with Gasteiger partial charge < -0.3 is 24.5 Å². The molecular formula is C11H26O5Si. The second kappa shape index (κ2) is 9.01. The molecule has 0 radical (unpaired) electrons. The Morgan fingerprint density at radius 3 is 2.24 bits per heavy atom. The molecule has 0 heterocycles. The Bertz CT molecular complexity index is 191. The number of aliphatic hydroxyl groups is 3. The molecule has 0 aromatic carbocycles. The Morgan fingerprint density at radius 1 is 1.18 bits per heavy atom. The van der Waals surface area contributed by atoms with Gasteiger partial charge in [0.05, 0.1) is 0 Å². The van der Waals surface area contributed by atoms with Gasteiger partial charge in [0, 0.05) is 20.3 Å². The third-order valence-electron chi connectivity index (χ3n) is 2.91. The van der Waals surface area contributed by atoms with Crippen LogP contribution in [-0.2, 0) is 9.16 Å². The van der Waals surface area contributed by atoms with E-state index in [9.17, 15) is 5.11 Å². The second-order valence-corrected chi connectivity index (χ2v) is 8.89. The monoisotopic (exact) mass is 266 g/mol. The van der Waals surface area contributed by atoms with Gasteiger partial charge in [-0.1, -0.05) is 0 Å². The predicted molar refractivity (Wildman–Crippen MR) is 68.2 cm³/mol. The van der Waals surface area contributed by atoms with Crippen LogP contribution in [0.1, 0.15) is 19.8 Å². The summed E-state index contributed by atoms with van der Waals surface area (Å²) in [5.41, 5.74) is 0. The minimum Gasteiger partial charge on any atom is -0.420 e. The van der Waals surface area contributed by atoms with Crippen LogP contribution in [0, 0.1) is 0 Å². The van der Waals surface area contributed by atoms with Gasteiger partial charge in [0.15, 0.2) is 14.6 Å². The summed E-state index contributed by atoms with van der Waals surface area (Å²) in [7, 11) is -0.0103. The number of aliphatic hydroxyl groups excluding tert-OH is 3. The molecule has 17 heavy (non-hydrogen) atoms. The Balaban J connectivity index is 3.76. The van der Waals surface area contributed by atoms with Gasteiger partial charge >= 0.3 is 0 Å². The third-order valence-corrected chi connectivity index (χ3v) is 6.72. The van der Waals surface area contributed by atoms with E-state index in [0.29, 0.717) is 6.61 Å². The summed E-state index contributed by atoms with van der Waals surface area (Å²) in [5.74, 6) is 0. The summed E-state index contributed by atoms with van der Waals surface area (Å²) in [4.78, 5) is 0. The van der Waals surface area contributed by atoms with E-state index in [1.165, 1.54) is 6.92 Å². The number of rotatable bonds is 10. The van der Waals surface area contributed by atoms with E-state index in [0.717, 1.165) is 24.9 Å². The van der Waals surface area contributed by atoms with Crippen LogP contribution in [0.3, 0.4) is 0 Å². The molecule has 0 spiro atoms. The molecule has 0 aliphatic heterocycles. The van der Waals surface area contributed by atoms with E-state index in [1.54, 1.807) is 7.11 Å². The summed E-state index contributed by atoms with van der Waals surface area (Å²) in [6.45, 7) is 4.23. The lowest BCUT2D eigenvalue weighted by Gasteiger charge is -2.25. The van der Waals surface area contributed by atoms with Gasteiger partial charge in [0.1, 0.15) is 6.10 Å². The number of hydrogen-bond donors (Lipinski definition) is 3. The molecule has 0 aromatic rings. The van der Waals surface area contributed by atoms with E-state index in [4.69, 9.17) is 19.4 Å². The Kier molecular flexibility index (Phi) is 9.02.